The number of carbonyl (C=O) groups excluding carboxylic acids is 1. The first kappa shape index (κ1) is 12.9. The van der Waals surface area contributed by atoms with Crippen molar-refractivity contribution in [2.75, 3.05) is 5.32 Å². The number of benzene rings is 1. The van der Waals surface area contributed by atoms with E-state index in [0.29, 0.717) is 5.69 Å². The first-order valence-electron chi connectivity index (χ1n) is 6.34. The summed E-state index contributed by atoms with van der Waals surface area (Å²) in [6, 6.07) is 3.81. The number of rotatable bonds is 2. The van der Waals surface area contributed by atoms with Crippen molar-refractivity contribution in [1.29, 1.82) is 0 Å². The Hall–Kier alpha value is -1.55. The standard InChI is InChI=1S/C14H20N2O2/c1-8-5-9(2)13(17)12(6-8)16-14(18)10-3-4-11(15)7-10/h5-6,10-11,17H,3-4,7,15H2,1-2H3,(H,16,18). The van der Waals surface area contributed by atoms with Gasteiger partial charge in [-0.25, -0.2) is 0 Å². The van der Waals surface area contributed by atoms with Crippen molar-refractivity contribution in [1.82, 2.24) is 0 Å². The van der Waals surface area contributed by atoms with E-state index < -0.39 is 0 Å². The molecule has 1 fully saturated rings. The van der Waals surface area contributed by atoms with Crippen molar-refractivity contribution in [3.8, 4) is 5.75 Å². The van der Waals surface area contributed by atoms with E-state index in [1.165, 1.54) is 0 Å². The van der Waals surface area contributed by atoms with E-state index >= 15 is 0 Å². The lowest BCUT2D eigenvalue weighted by Crippen LogP contribution is -2.23. The molecule has 0 heterocycles. The number of hydrogen-bond acceptors (Lipinski definition) is 3. The van der Waals surface area contributed by atoms with Gasteiger partial charge in [0.15, 0.2) is 0 Å². The molecule has 0 aromatic heterocycles. The minimum Gasteiger partial charge on any atom is -0.505 e. The van der Waals surface area contributed by atoms with Crippen molar-refractivity contribution in [2.24, 2.45) is 11.7 Å². The van der Waals surface area contributed by atoms with Crippen molar-refractivity contribution < 1.29 is 9.90 Å². The highest BCUT2D eigenvalue weighted by atomic mass is 16.3. The third kappa shape index (κ3) is 2.64. The van der Waals surface area contributed by atoms with Gasteiger partial charge in [-0.2, -0.15) is 0 Å². The van der Waals surface area contributed by atoms with Crippen molar-refractivity contribution in [2.45, 2.75) is 39.2 Å². The summed E-state index contributed by atoms with van der Waals surface area (Å²) >= 11 is 0. The molecule has 1 aromatic rings. The van der Waals surface area contributed by atoms with Crippen LogP contribution in [-0.4, -0.2) is 17.1 Å². The average molecular weight is 248 g/mol. The number of phenolic OH excluding ortho intramolecular Hbond substituents is 1. The fourth-order valence-corrected chi connectivity index (χ4v) is 2.54. The molecule has 0 radical (unpaired) electrons. The van der Waals surface area contributed by atoms with Gasteiger partial charge < -0.3 is 16.2 Å². The quantitative estimate of drug-likeness (QED) is 0.701. The van der Waals surface area contributed by atoms with Crippen LogP contribution in [0.2, 0.25) is 0 Å². The zero-order valence-corrected chi connectivity index (χ0v) is 10.9. The van der Waals surface area contributed by atoms with Crippen LogP contribution < -0.4 is 11.1 Å². The van der Waals surface area contributed by atoms with Crippen LogP contribution in [0.1, 0.15) is 30.4 Å². The fraction of sp³-hybridized carbons (Fsp3) is 0.500. The number of aryl methyl sites for hydroxylation is 2. The minimum absolute atomic E-state index is 0.0276. The molecule has 4 heteroatoms. The van der Waals surface area contributed by atoms with Crippen LogP contribution in [0.3, 0.4) is 0 Å². The molecular formula is C14H20N2O2. The second-order valence-corrected chi connectivity index (χ2v) is 5.24. The van der Waals surface area contributed by atoms with E-state index in [-0.39, 0.29) is 23.6 Å². The summed E-state index contributed by atoms with van der Waals surface area (Å²) < 4.78 is 0. The molecule has 0 spiro atoms. The molecule has 0 aliphatic heterocycles. The second kappa shape index (κ2) is 4.98. The lowest BCUT2D eigenvalue weighted by Gasteiger charge is -2.13. The van der Waals surface area contributed by atoms with Crippen LogP contribution in [0.15, 0.2) is 12.1 Å². The summed E-state index contributed by atoms with van der Waals surface area (Å²) in [5.74, 6) is 0.0831. The van der Waals surface area contributed by atoms with E-state index in [2.05, 4.69) is 5.32 Å². The number of carbonyl (C=O) groups is 1. The summed E-state index contributed by atoms with van der Waals surface area (Å²) in [7, 11) is 0. The highest BCUT2D eigenvalue weighted by molar-refractivity contribution is 5.94. The van der Waals surface area contributed by atoms with Crippen LogP contribution in [0.4, 0.5) is 5.69 Å². The first-order chi connectivity index (χ1) is 8.47. The molecule has 2 atom stereocenters. The van der Waals surface area contributed by atoms with Gasteiger partial charge in [0.1, 0.15) is 5.75 Å². The van der Waals surface area contributed by atoms with Crippen LogP contribution in [0.25, 0.3) is 0 Å². The molecule has 18 heavy (non-hydrogen) atoms. The van der Waals surface area contributed by atoms with Crippen molar-refractivity contribution in [3.63, 3.8) is 0 Å². The number of amides is 1. The summed E-state index contributed by atoms with van der Waals surface area (Å²) in [6.45, 7) is 3.76. The monoisotopic (exact) mass is 248 g/mol. The largest absolute Gasteiger partial charge is 0.505 e. The molecule has 0 saturated heterocycles. The molecular weight excluding hydrogens is 228 g/mol. The van der Waals surface area contributed by atoms with Gasteiger partial charge in [-0.15, -0.1) is 0 Å². The lowest BCUT2D eigenvalue weighted by molar-refractivity contribution is -0.119. The fourth-order valence-electron chi connectivity index (χ4n) is 2.54. The van der Waals surface area contributed by atoms with Gasteiger partial charge in [0.05, 0.1) is 5.69 Å². The smallest absolute Gasteiger partial charge is 0.227 e. The van der Waals surface area contributed by atoms with E-state index in [0.717, 1.165) is 30.4 Å². The lowest BCUT2D eigenvalue weighted by atomic mass is 10.1. The van der Waals surface area contributed by atoms with Crippen molar-refractivity contribution in [3.05, 3.63) is 23.3 Å². The van der Waals surface area contributed by atoms with E-state index in [1.807, 2.05) is 19.9 Å². The molecule has 2 unspecified atom stereocenters. The molecule has 4 N–H and O–H groups in total. The predicted molar refractivity (Wildman–Crippen MR) is 71.5 cm³/mol. The molecule has 1 aromatic carbocycles. The van der Waals surface area contributed by atoms with E-state index in [9.17, 15) is 9.90 Å². The van der Waals surface area contributed by atoms with Crippen molar-refractivity contribution >= 4 is 11.6 Å². The molecule has 1 aliphatic rings. The second-order valence-electron chi connectivity index (χ2n) is 5.24. The molecule has 1 amide bonds. The number of anilines is 1. The van der Waals surface area contributed by atoms with Crippen LogP contribution in [0.5, 0.6) is 5.75 Å². The van der Waals surface area contributed by atoms with Gasteiger partial charge in [0.25, 0.3) is 0 Å². The minimum atomic E-state index is -0.0387. The summed E-state index contributed by atoms with van der Waals surface area (Å²) in [5.41, 5.74) is 8.09. The molecule has 0 bridgehead atoms. The summed E-state index contributed by atoms with van der Waals surface area (Å²) in [4.78, 5) is 12.1. The average Bonchev–Trinajstić information content (AvgIpc) is 2.72. The Balaban J connectivity index is 2.12. The molecule has 98 valence electrons. The number of aromatic hydroxyl groups is 1. The zero-order chi connectivity index (χ0) is 13.3. The molecule has 4 nitrogen and oxygen atoms in total. The highest BCUT2D eigenvalue weighted by Gasteiger charge is 2.28. The van der Waals surface area contributed by atoms with E-state index in [4.69, 9.17) is 5.73 Å². The van der Waals surface area contributed by atoms with Gasteiger partial charge in [-0.3, -0.25) is 4.79 Å². The normalized spacial score (nSPS) is 23.1. The van der Waals surface area contributed by atoms with E-state index in [1.54, 1.807) is 6.07 Å². The van der Waals surface area contributed by atoms with Gasteiger partial charge in [-0.05, 0) is 50.3 Å². The third-order valence-electron chi connectivity index (χ3n) is 3.55. The zero-order valence-electron chi connectivity index (χ0n) is 10.9. The number of hydrogen-bond donors (Lipinski definition) is 3. The SMILES string of the molecule is Cc1cc(C)c(O)c(NC(=O)C2CCC(N)C2)c1. The Labute approximate surface area is 107 Å². The van der Waals surface area contributed by atoms with Gasteiger partial charge >= 0.3 is 0 Å². The topological polar surface area (TPSA) is 75.3 Å². The Morgan fingerprint density at radius 1 is 1.39 bits per heavy atom. The number of nitrogens with two attached hydrogens (primary N) is 1. The van der Waals surface area contributed by atoms with Gasteiger partial charge in [-0.1, -0.05) is 6.07 Å². The predicted octanol–water partition coefficient (Wildman–Crippen LogP) is 2.07. The Morgan fingerprint density at radius 3 is 2.72 bits per heavy atom. The maximum absolute atomic E-state index is 12.1. The Morgan fingerprint density at radius 2 is 2.11 bits per heavy atom. The number of phenols is 1. The highest BCUT2D eigenvalue weighted by Crippen LogP contribution is 2.31. The molecule has 1 aliphatic carbocycles. The van der Waals surface area contributed by atoms with Gasteiger partial charge in [0.2, 0.25) is 5.91 Å². The summed E-state index contributed by atoms with van der Waals surface area (Å²) in [6.07, 6.45) is 2.47. The molecule has 2 rings (SSSR count). The maximum Gasteiger partial charge on any atom is 0.227 e. The first-order valence-corrected chi connectivity index (χ1v) is 6.34. The summed E-state index contributed by atoms with van der Waals surface area (Å²) in [5, 5.41) is 12.7. The van der Waals surface area contributed by atoms with Crippen LogP contribution >= 0.6 is 0 Å². The third-order valence-corrected chi connectivity index (χ3v) is 3.55. The van der Waals surface area contributed by atoms with Crippen LogP contribution in [0, 0.1) is 19.8 Å². The Bertz CT molecular complexity index is 471. The van der Waals surface area contributed by atoms with Crippen LogP contribution in [-0.2, 0) is 4.79 Å². The Kier molecular flexibility index (Phi) is 3.57. The van der Waals surface area contributed by atoms with Gasteiger partial charge in [0, 0.05) is 12.0 Å². The molecule has 1 saturated carbocycles. The number of nitrogens with one attached hydrogen (secondary N) is 1. The maximum atomic E-state index is 12.1.